The lowest BCUT2D eigenvalue weighted by molar-refractivity contribution is -0.149. The first-order valence-electron chi connectivity index (χ1n) is 20.5. The van der Waals surface area contributed by atoms with Gasteiger partial charge < -0.3 is 46.9 Å². The summed E-state index contributed by atoms with van der Waals surface area (Å²) in [6.45, 7) is 11.3. The lowest BCUT2D eigenvalue weighted by Crippen LogP contribution is -2.57. The number of benzene rings is 3. The maximum atomic E-state index is 13.9. The molecule has 0 fully saturated rings. The molecule has 15 nitrogen and oxygen atoms in total. The van der Waals surface area contributed by atoms with E-state index in [4.69, 9.17) is 25.7 Å². The number of hydrogen-bond donors (Lipinski definition) is 6. The molecular formula is C45H61N7O8. The molecular weight excluding hydrogens is 767 g/mol. The number of guanidine groups is 1. The lowest BCUT2D eigenvalue weighted by Gasteiger charge is -2.27. The van der Waals surface area contributed by atoms with Crippen LogP contribution in [0.15, 0.2) is 77.8 Å². The van der Waals surface area contributed by atoms with E-state index in [9.17, 15) is 24.0 Å². The fourth-order valence-corrected chi connectivity index (χ4v) is 6.77. The number of alkyl carbamates (subject to hydrolysis) is 2. The van der Waals surface area contributed by atoms with Gasteiger partial charge in [-0.25, -0.2) is 14.4 Å². The van der Waals surface area contributed by atoms with E-state index in [0.717, 1.165) is 33.4 Å². The van der Waals surface area contributed by atoms with Crippen molar-refractivity contribution in [3.63, 3.8) is 0 Å². The standard InChI is InChI=1S/C45H61N7O8/c1-28(2)38(40(54)50-37(18-11-12-24-49-43(56)60-45(4,5)6)41(55)58-26-30-22-20-29(3)21-23-30)52-39(53)36(19-13-25-48-42(46)47)51-44(57)59-27-35-33-16-9-7-14-31(33)32-15-8-10-17-34(32)35/h7-10,14-17,20-23,28,35-38H,11-13,18-19,24-27H2,1-6H3,(H,49,56)(H,50,54)(H,51,57)(H,52,53)(H4,46,47,48)/t36-,37-,38-/m0/s1. The van der Waals surface area contributed by atoms with E-state index in [1.54, 1.807) is 34.6 Å². The third kappa shape index (κ3) is 14.6. The molecule has 4 rings (SSSR count). The smallest absolute Gasteiger partial charge is 0.407 e. The molecule has 0 saturated carbocycles. The molecule has 1 aliphatic rings. The van der Waals surface area contributed by atoms with Gasteiger partial charge in [-0.15, -0.1) is 0 Å². The largest absolute Gasteiger partial charge is 0.459 e. The second kappa shape index (κ2) is 22.3. The van der Waals surface area contributed by atoms with Gasteiger partial charge in [-0.2, -0.15) is 0 Å². The van der Waals surface area contributed by atoms with Crippen molar-refractivity contribution in [2.24, 2.45) is 22.4 Å². The molecule has 4 amide bonds. The van der Waals surface area contributed by atoms with Gasteiger partial charge in [-0.1, -0.05) is 92.2 Å². The van der Waals surface area contributed by atoms with Crippen LogP contribution in [0.1, 0.15) is 94.9 Å². The van der Waals surface area contributed by atoms with E-state index in [-0.39, 0.29) is 44.5 Å². The zero-order valence-corrected chi connectivity index (χ0v) is 35.5. The van der Waals surface area contributed by atoms with E-state index in [2.05, 4.69) is 26.3 Å². The fourth-order valence-electron chi connectivity index (χ4n) is 6.77. The topological polar surface area (TPSA) is 226 Å². The van der Waals surface area contributed by atoms with Gasteiger partial charge in [0.25, 0.3) is 0 Å². The predicted molar refractivity (Wildman–Crippen MR) is 230 cm³/mol. The number of nitrogens with two attached hydrogens (primary N) is 2. The SMILES string of the molecule is Cc1ccc(COC(=O)[C@H](CCCCNC(=O)OC(C)(C)C)NC(=O)[C@@H](NC(=O)[C@H](CCCN=C(N)N)NC(=O)OCC2c3ccccc3-c3ccccc32)C(C)C)cc1. The van der Waals surface area contributed by atoms with Gasteiger partial charge in [0, 0.05) is 19.0 Å². The van der Waals surface area contributed by atoms with E-state index < -0.39 is 59.6 Å². The first-order chi connectivity index (χ1) is 28.5. The quantitative estimate of drug-likeness (QED) is 0.0283. The van der Waals surface area contributed by atoms with E-state index in [0.29, 0.717) is 25.8 Å². The zero-order chi connectivity index (χ0) is 43.8. The van der Waals surface area contributed by atoms with E-state index in [1.165, 1.54) is 0 Å². The summed E-state index contributed by atoms with van der Waals surface area (Å²) in [6, 6.07) is 20.2. The van der Waals surface area contributed by atoms with Crippen LogP contribution in [0, 0.1) is 12.8 Å². The van der Waals surface area contributed by atoms with Crippen molar-refractivity contribution >= 4 is 35.9 Å². The highest BCUT2D eigenvalue weighted by atomic mass is 16.6. The highest BCUT2D eigenvalue weighted by molar-refractivity contribution is 5.93. The molecule has 8 N–H and O–H groups in total. The number of fused-ring (bicyclic) bond motifs is 3. The van der Waals surface area contributed by atoms with Crippen LogP contribution in [0.4, 0.5) is 9.59 Å². The summed E-state index contributed by atoms with van der Waals surface area (Å²) in [6.07, 6.45) is 0.236. The number of amides is 4. The minimum atomic E-state index is -1.11. The van der Waals surface area contributed by atoms with Gasteiger partial charge in [0.15, 0.2) is 5.96 Å². The predicted octanol–water partition coefficient (Wildman–Crippen LogP) is 5.32. The summed E-state index contributed by atoms with van der Waals surface area (Å²) in [4.78, 5) is 70.8. The van der Waals surface area contributed by atoms with Gasteiger partial charge in [0.2, 0.25) is 11.8 Å². The van der Waals surface area contributed by atoms with Crippen LogP contribution >= 0.6 is 0 Å². The summed E-state index contributed by atoms with van der Waals surface area (Å²) in [5, 5.41) is 11.0. The highest BCUT2D eigenvalue weighted by Crippen LogP contribution is 2.44. The Hall–Kier alpha value is -6.12. The molecule has 3 atom stereocenters. The Morgan fingerprint density at radius 3 is 1.95 bits per heavy atom. The van der Waals surface area contributed by atoms with Crippen LogP contribution in [0.3, 0.4) is 0 Å². The Labute approximate surface area is 352 Å². The maximum absolute atomic E-state index is 13.9. The lowest BCUT2D eigenvalue weighted by atomic mass is 9.98. The first-order valence-corrected chi connectivity index (χ1v) is 20.5. The third-order valence-electron chi connectivity index (χ3n) is 9.83. The van der Waals surface area contributed by atoms with E-state index >= 15 is 0 Å². The molecule has 1 aliphatic carbocycles. The van der Waals surface area contributed by atoms with Crippen LogP contribution in [-0.4, -0.2) is 79.4 Å². The van der Waals surface area contributed by atoms with Gasteiger partial charge in [0.1, 0.15) is 36.9 Å². The second-order valence-electron chi connectivity index (χ2n) is 16.3. The molecule has 0 radical (unpaired) electrons. The van der Waals surface area contributed by atoms with Crippen molar-refractivity contribution in [2.75, 3.05) is 19.7 Å². The number of rotatable bonds is 20. The maximum Gasteiger partial charge on any atom is 0.407 e. The molecule has 60 heavy (non-hydrogen) atoms. The summed E-state index contributed by atoms with van der Waals surface area (Å²) < 4.78 is 16.7. The molecule has 15 heteroatoms. The number of esters is 1. The molecule has 0 unspecified atom stereocenters. The van der Waals surface area contributed by atoms with Gasteiger partial charge in [-0.05, 0) is 93.5 Å². The zero-order valence-electron chi connectivity index (χ0n) is 35.5. The first kappa shape index (κ1) is 46.6. The van der Waals surface area contributed by atoms with Crippen molar-refractivity contribution in [1.29, 1.82) is 0 Å². The molecule has 0 bridgehead atoms. The number of carbonyl (C=O) groups is 5. The Morgan fingerprint density at radius 2 is 1.35 bits per heavy atom. The van der Waals surface area contributed by atoms with Gasteiger partial charge in [0.05, 0.1) is 0 Å². The Morgan fingerprint density at radius 1 is 0.733 bits per heavy atom. The number of unbranched alkanes of at least 4 members (excludes halogenated alkanes) is 1. The summed E-state index contributed by atoms with van der Waals surface area (Å²) in [5.74, 6) is -2.61. The monoisotopic (exact) mass is 827 g/mol. The molecule has 3 aromatic rings. The third-order valence-corrected chi connectivity index (χ3v) is 9.83. The molecule has 0 spiro atoms. The van der Waals surface area contributed by atoms with Crippen LogP contribution in [0.25, 0.3) is 11.1 Å². The number of ether oxygens (including phenoxy) is 3. The van der Waals surface area contributed by atoms with Crippen molar-refractivity contribution in [1.82, 2.24) is 21.3 Å². The van der Waals surface area contributed by atoms with Crippen molar-refractivity contribution in [2.45, 2.75) is 110 Å². The number of nitrogens with one attached hydrogen (secondary N) is 4. The summed E-state index contributed by atoms with van der Waals surface area (Å²) in [5.41, 5.74) is 16.4. The Balaban J connectivity index is 1.42. The summed E-state index contributed by atoms with van der Waals surface area (Å²) in [7, 11) is 0. The van der Waals surface area contributed by atoms with Crippen LogP contribution in [-0.2, 0) is 35.2 Å². The molecule has 3 aromatic carbocycles. The van der Waals surface area contributed by atoms with Crippen LogP contribution < -0.4 is 32.7 Å². The molecule has 0 aromatic heterocycles. The Bertz CT molecular complexity index is 1910. The van der Waals surface area contributed by atoms with Gasteiger partial charge >= 0.3 is 18.2 Å². The van der Waals surface area contributed by atoms with E-state index in [1.807, 2.05) is 79.7 Å². The number of hydrogen-bond acceptors (Lipinski definition) is 9. The average molecular weight is 828 g/mol. The number of nitrogens with zero attached hydrogens (tertiary/aromatic N) is 1. The molecule has 324 valence electrons. The number of aryl methyl sites for hydroxylation is 1. The second-order valence-corrected chi connectivity index (χ2v) is 16.3. The van der Waals surface area contributed by atoms with Crippen molar-refractivity contribution in [3.8, 4) is 11.1 Å². The minimum absolute atomic E-state index is 0.000895. The minimum Gasteiger partial charge on any atom is -0.459 e. The Kier molecular flexibility index (Phi) is 17.3. The fraction of sp³-hybridized carbons (Fsp3) is 0.467. The number of aliphatic imine (C=N–C) groups is 1. The van der Waals surface area contributed by atoms with Gasteiger partial charge in [-0.3, -0.25) is 14.6 Å². The molecule has 0 heterocycles. The van der Waals surface area contributed by atoms with Crippen LogP contribution in [0.2, 0.25) is 0 Å². The highest BCUT2D eigenvalue weighted by Gasteiger charge is 2.33. The number of carbonyl (C=O) groups excluding carboxylic acids is 5. The van der Waals surface area contributed by atoms with Crippen molar-refractivity contribution in [3.05, 3.63) is 95.1 Å². The molecule has 0 saturated heterocycles. The summed E-state index contributed by atoms with van der Waals surface area (Å²) >= 11 is 0. The molecule has 0 aliphatic heterocycles. The van der Waals surface area contributed by atoms with Crippen molar-refractivity contribution < 1.29 is 38.2 Å². The van der Waals surface area contributed by atoms with Crippen LogP contribution in [0.5, 0.6) is 0 Å². The average Bonchev–Trinajstić information content (AvgIpc) is 3.51. The normalized spacial score (nSPS) is 13.4.